The van der Waals surface area contributed by atoms with Crippen molar-refractivity contribution in [2.45, 2.75) is 19.8 Å². The van der Waals surface area contributed by atoms with E-state index in [2.05, 4.69) is 12.1 Å². The lowest BCUT2D eigenvalue weighted by atomic mass is 10.3. The number of hydroxylamine groups is 1. The molecule has 0 rings (SSSR count). The predicted molar refractivity (Wildman–Crippen MR) is 48.1 cm³/mol. The second-order valence-corrected chi connectivity index (χ2v) is 2.30. The SMILES string of the molecule is C=C(NOCCCCN)OCC. The molecule has 0 spiro atoms. The van der Waals surface area contributed by atoms with Gasteiger partial charge >= 0.3 is 0 Å². The largest absolute Gasteiger partial charge is 0.478 e. The molecule has 0 unspecified atom stereocenters. The summed E-state index contributed by atoms with van der Waals surface area (Å²) in [5, 5.41) is 0. The Bertz CT molecular complexity index is 118. The number of hydrogen-bond donors (Lipinski definition) is 2. The maximum Gasteiger partial charge on any atom is 0.203 e. The van der Waals surface area contributed by atoms with E-state index >= 15 is 0 Å². The standard InChI is InChI=1S/C8H18N2O2/c1-3-11-8(2)10-12-7-5-4-6-9/h10H,2-7,9H2,1H3. The van der Waals surface area contributed by atoms with Crippen molar-refractivity contribution in [2.24, 2.45) is 5.73 Å². The van der Waals surface area contributed by atoms with E-state index in [-0.39, 0.29) is 0 Å². The Balaban J connectivity index is 3.03. The van der Waals surface area contributed by atoms with Gasteiger partial charge in [0, 0.05) is 0 Å². The molecule has 0 saturated carbocycles. The summed E-state index contributed by atoms with van der Waals surface area (Å²) >= 11 is 0. The highest BCUT2D eigenvalue weighted by atomic mass is 16.7. The van der Waals surface area contributed by atoms with Crippen LogP contribution in [0.2, 0.25) is 0 Å². The van der Waals surface area contributed by atoms with Crippen LogP contribution < -0.4 is 11.2 Å². The molecular formula is C8H18N2O2. The Morgan fingerprint density at radius 2 is 2.25 bits per heavy atom. The first-order valence-corrected chi connectivity index (χ1v) is 4.20. The highest BCUT2D eigenvalue weighted by molar-refractivity contribution is 4.72. The van der Waals surface area contributed by atoms with Gasteiger partial charge in [-0.3, -0.25) is 4.84 Å². The van der Waals surface area contributed by atoms with Crippen molar-refractivity contribution in [2.75, 3.05) is 19.8 Å². The molecule has 0 bridgehead atoms. The van der Waals surface area contributed by atoms with E-state index in [1.807, 2.05) is 6.92 Å². The summed E-state index contributed by atoms with van der Waals surface area (Å²) in [6.45, 7) is 7.40. The first-order valence-electron chi connectivity index (χ1n) is 4.20. The maximum atomic E-state index is 5.30. The van der Waals surface area contributed by atoms with Crippen LogP contribution in [-0.2, 0) is 9.57 Å². The predicted octanol–water partition coefficient (Wildman–Crippen LogP) is 0.754. The van der Waals surface area contributed by atoms with Crippen molar-refractivity contribution in [3.8, 4) is 0 Å². The zero-order chi connectivity index (χ0) is 9.23. The summed E-state index contributed by atoms with van der Waals surface area (Å²) in [4.78, 5) is 5.02. The number of hydrogen-bond acceptors (Lipinski definition) is 4. The topological polar surface area (TPSA) is 56.5 Å². The van der Waals surface area contributed by atoms with Gasteiger partial charge in [-0.15, -0.1) is 0 Å². The van der Waals surface area contributed by atoms with E-state index in [0.717, 1.165) is 12.8 Å². The first kappa shape index (κ1) is 11.3. The maximum absolute atomic E-state index is 5.30. The Morgan fingerprint density at radius 1 is 1.50 bits per heavy atom. The Labute approximate surface area is 73.7 Å². The number of nitrogens with two attached hydrogens (primary N) is 1. The minimum absolute atomic E-state index is 0.449. The molecule has 0 aromatic rings. The van der Waals surface area contributed by atoms with Crippen LogP contribution in [0.15, 0.2) is 12.5 Å². The first-order chi connectivity index (χ1) is 5.81. The van der Waals surface area contributed by atoms with Crippen LogP contribution in [0, 0.1) is 0 Å². The molecule has 0 aliphatic rings. The van der Waals surface area contributed by atoms with E-state index in [1.165, 1.54) is 0 Å². The van der Waals surface area contributed by atoms with Crippen molar-refractivity contribution < 1.29 is 9.57 Å². The number of rotatable bonds is 8. The third-order valence-corrected chi connectivity index (χ3v) is 1.21. The van der Waals surface area contributed by atoms with Gasteiger partial charge in [0.05, 0.1) is 13.2 Å². The molecule has 0 atom stereocenters. The minimum Gasteiger partial charge on any atom is -0.478 e. The summed E-state index contributed by atoms with van der Waals surface area (Å²) in [5.74, 6) is 0.449. The van der Waals surface area contributed by atoms with Gasteiger partial charge in [0.15, 0.2) is 0 Å². The van der Waals surface area contributed by atoms with Gasteiger partial charge in [-0.2, -0.15) is 0 Å². The fourth-order valence-corrected chi connectivity index (χ4v) is 0.654. The second kappa shape index (κ2) is 8.36. The van der Waals surface area contributed by atoms with Crippen LogP contribution in [0.1, 0.15) is 19.8 Å². The molecule has 4 nitrogen and oxygen atoms in total. The zero-order valence-corrected chi connectivity index (χ0v) is 7.64. The lowest BCUT2D eigenvalue weighted by Crippen LogP contribution is -2.16. The van der Waals surface area contributed by atoms with Crippen molar-refractivity contribution >= 4 is 0 Å². The van der Waals surface area contributed by atoms with E-state index in [9.17, 15) is 0 Å². The third kappa shape index (κ3) is 7.37. The molecule has 0 aromatic heterocycles. The van der Waals surface area contributed by atoms with Gasteiger partial charge in [0.25, 0.3) is 0 Å². The van der Waals surface area contributed by atoms with Crippen LogP contribution in [0.25, 0.3) is 0 Å². The molecule has 0 amide bonds. The average Bonchev–Trinajstić information content (AvgIpc) is 2.05. The molecule has 4 heteroatoms. The summed E-state index contributed by atoms with van der Waals surface area (Å²) in [7, 11) is 0. The quantitative estimate of drug-likeness (QED) is 0.324. The Morgan fingerprint density at radius 3 is 2.83 bits per heavy atom. The average molecular weight is 174 g/mol. The fourth-order valence-electron chi connectivity index (χ4n) is 0.654. The van der Waals surface area contributed by atoms with Gasteiger partial charge < -0.3 is 10.5 Å². The molecule has 12 heavy (non-hydrogen) atoms. The van der Waals surface area contributed by atoms with Gasteiger partial charge in [-0.05, 0) is 32.9 Å². The monoisotopic (exact) mass is 174 g/mol. The summed E-state index contributed by atoms with van der Waals surface area (Å²) in [6.07, 6.45) is 1.92. The molecule has 0 fully saturated rings. The van der Waals surface area contributed by atoms with E-state index in [4.69, 9.17) is 15.3 Å². The van der Waals surface area contributed by atoms with Crippen LogP contribution in [0.4, 0.5) is 0 Å². The molecule has 0 radical (unpaired) electrons. The van der Waals surface area contributed by atoms with Crippen molar-refractivity contribution in [1.29, 1.82) is 0 Å². The van der Waals surface area contributed by atoms with Crippen molar-refractivity contribution in [1.82, 2.24) is 5.48 Å². The lowest BCUT2D eigenvalue weighted by Gasteiger charge is -2.08. The number of ether oxygens (including phenoxy) is 1. The van der Waals surface area contributed by atoms with Crippen LogP contribution in [-0.4, -0.2) is 19.8 Å². The normalized spacial score (nSPS) is 9.50. The second-order valence-electron chi connectivity index (χ2n) is 2.30. The Hall–Kier alpha value is -0.740. The van der Waals surface area contributed by atoms with Crippen LogP contribution in [0.3, 0.4) is 0 Å². The van der Waals surface area contributed by atoms with Crippen LogP contribution in [0.5, 0.6) is 0 Å². The number of nitrogens with one attached hydrogen (secondary N) is 1. The van der Waals surface area contributed by atoms with E-state index in [0.29, 0.717) is 25.6 Å². The summed E-state index contributed by atoms with van der Waals surface area (Å²) in [5.41, 5.74) is 7.88. The molecule has 72 valence electrons. The highest BCUT2D eigenvalue weighted by Crippen LogP contribution is 1.89. The molecule has 0 aliphatic carbocycles. The van der Waals surface area contributed by atoms with Crippen LogP contribution >= 0.6 is 0 Å². The number of unbranched alkanes of at least 4 members (excludes halogenated alkanes) is 1. The molecule has 0 aliphatic heterocycles. The summed E-state index contributed by atoms with van der Waals surface area (Å²) in [6, 6.07) is 0. The van der Waals surface area contributed by atoms with Crippen molar-refractivity contribution in [3.63, 3.8) is 0 Å². The fraction of sp³-hybridized carbons (Fsp3) is 0.750. The van der Waals surface area contributed by atoms with Gasteiger partial charge in [-0.1, -0.05) is 0 Å². The molecule has 0 heterocycles. The molecule has 0 aromatic carbocycles. The van der Waals surface area contributed by atoms with Gasteiger partial charge in [0.1, 0.15) is 0 Å². The molecular weight excluding hydrogens is 156 g/mol. The molecule has 0 saturated heterocycles. The summed E-state index contributed by atoms with van der Waals surface area (Å²) < 4.78 is 4.99. The third-order valence-electron chi connectivity index (χ3n) is 1.21. The minimum atomic E-state index is 0.449. The Kier molecular flexibility index (Phi) is 7.84. The van der Waals surface area contributed by atoms with E-state index in [1.54, 1.807) is 0 Å². The lowest BCUT2D eigenvalue weighted by molar-refractivity contribution is 0.0151. The zero-order valence-electron chi connectivity index (χ0n) is 7.64. The van der Waals surface area contributed by atoms with Gasteiger partial charge in [0.2, 0.25) is 5.88 Å². The highest BCUT2D eigenvalue weighted by Gasteiger charge is 1.91. The van der Waals surface area contributed by atoms with Crippen molar-refractivity contribution in [3.05, 3.63) is 12.5 Å². The van der Waals surface area contributed by atoms with E-state index < -0.39 is 0 Å². The smallest absolute Gasteiger partial charge is 0.203 e. The van der Waals surface area contributed by atoms with Gasteiger partial charge in [-0.25, -0.2) is 5.48 Å². The molecule has 3 N–H and O–H groups in total.